The number of guanidine groups is 1. The van der Waals surface area contributed by atoms with E-state index in [0.29, 0.717) is 0 Å². The number of hydrogen-bond acceptors (Lipinski definition) is 3. The summed E-state index contributed by atoms with van der Waals surface area (Å²) in [5.41, 5.74) is 1.31. The lowest BCUT2D eigenvalue weighted by molar-refractivity contribution is 0.371. The Morgan fingerprint density at radius 2 is 1.85 bits per heavy atom. The molecule has 0 saturated carbocycles. The molecule has 2 heterocycles. The van der Waals surface area contributed by atoms with Crippen LogP contribution in [-0.2, 0) is 6.42 Å². The average molecular weight is 468 g/mol. The monoisotopic (exact) mass is 468 g/mol. The van der Waals surface area contributed by atoms with Crippen molar-refractivity contribution in [2.45, 2.75) is 19.8 Å². The average Bonchev–Trinajstić information content (AvgIpc) is 3.19. The zero-order valence-corrected chi connectivity index (χ0v) is 17.8. The molecule has 0 bridgehead atoms. The number of halogens is 1. The number of piperazine rings is 1. The van der Waals surface area contributed by atoms with Gasteiger partial charge >= 0.3 is 0 Å². The van der Waals surface area contributed by atoms with Crippen LogP contribution < -0.4 is 10.2 Å². The van der Waals surface area contributed by atoms with Gasteiger partial charge < -0.3 is 19.5 Å². The van der Waals surface area contributed by atoms with Crippen molar-refractivity contribution in [1.29, 1.82) is 0 Å². The van der Waals surface area contributed by atoms with Crippen molar-refractivity contribution in [2.75, 3.05) is 44.2 Å². The Kier molecular flexibility index (Phi) is 8.80. The molecule has 1 fully saturated rings. The number of para-hydroxylation sites is 1. The van der Waals surface area contributed by atoms with E-state index in [1.54, 1.807) is 6.26 Å². The predicted molar refractivity (Wildman–Crippen MR) is 119 cm³/mol. The van der Waals surface area contributed by atoms with Gasteiger partial charge in [0.1, 0.15) is 5.76 Å². The molecule has 0 spiro atoms. The third kappa shape index (κ3) is 5.93. The van der Waals surface area contributed by atoms with E-state index in [2.05, 4.69) is 52.4 Å². The highest BCUT2D eigenvalue weighted by molar-refractivity contribution is 14.0. The second-order valence-electron chi connectivity index (χ2n) is 6.27. The highest BCUT2D eigenvalue weighted by Gasteiger charge is 2.19. The molecule has 142 valence electrons. The van der Waals surface area contributed by atoms with Crippen LogP contribution >= 0.6 is 24.0 Å². The van der Waals surface area contributed by atoms with Gasteiger partial charge in [-0.15, -0.1) is 24.0 Å². The minimum absolute atomic E-state index is 0. The standard InChI is InChI=1S/C20H28N4O.HI/c1-2-11-21-20(22-12-10-19-9-6-17-25-19)24-15-13-23(14-16-24)18-7-4-3-5-8-18;/h3-9,17H,2,10-16H2,1H3,(H,21,22);1H. The summed E-state index contributed by atoms with van der Waals surface area (Å²) in [5.74, 6) is 2.04. The molecule has 1 aliphatic heterocycles. The molecule has 1 aromatic carbocycles. The zero-order valence-electron chi connectivity index (χ0n) is 15.4. The minimum atomic E-state index is 0. The second kappa shape index (κ2) is 11.1. The lowest BCUT2D eigenvalue weighted by atomic mass is 10.2. The molecule has 1 saturated heterocycles. The van der Waals surface area contributed by atoms with Gasteiger partial charge in [-0.05, 0) is 30.7 Å². The van der Waals surface area contributed by atoms with Crippen LogP contribution in [-0.4, -0.2) is 50.1 Å². The van der Waals surface area contributed by atoms with E-state index in [0.717, 1.165) is 63.8 Å². The molecule has 6 heteroatoms. The molecule has 0 amide bonds. The van der Waals surface area contributed by atoms with E-state index in [1.165, 1.54) is 5.69 Å². The smallest absolute Gasteiger partial charge is 0.194 e. The summed E-state index contributed by atoms with van der Waals surface area (Å²) >= 11 is 0. The first kappa shape index (κ1) is 20.6. The van der Waals surface area contributed by atoms with Crippen LogP contribution in [0.3, 0.4) is 0 Å². The Labute approximate surface area is 173 Å². The Morgan fingerprint density at radius 3 is 2.50 bits per heavy atom. The maximum Gasteiger partial charge on any atom is 0.194 e. The van der Waals surface area contributed by atoms with Crippen molar-refractivity contribution in [3.8, 4) is 0 Å². The van der Waals surface area contributed by atoms with Gasteiger partial charge in [-0.25, -0.2) is 0 Å². The van der Waals surface area contributed by atoms with Crippen LogP contribution in [0.15, 0.2) is 58.1 Å². The van der Waals surface area contributed by atoms with Gasteiger partial charge in [0.15, 0.2) is 5.96 Å². The normalized spacial score (nSPS) is 14.9. The van der Waals surface area contributed by atoms with Gasteiger partial charge in [-0.2, -0.15) is 0 Å². The van der Waals surface area contributed by atoms with E-state index >= 15 is 0 Å². The van der Waals surface area contributed by atoms with Gasteiger partial charge in [0, 0.05) is 51.4 Å². The number of nitrogens with zero attached hydrogens (tertiary/aromatic N) is 3. The molecule has 1 aromatic heterocycles. The maximum atomic E-state index is 5.40. The highest BCUT2D eigenvalue weighted by atomic mass is 127. The van der Waals surface area contributed by atoms with Gasteiger partial charge in [-0.3, -0.25) is 4.99 Å². The van der Waals surface area contributed by atoms with Gasteiger partial charge in [-0.1, -0.05) is 25.1 Å². The Balaban J connectivity index is 0.00000243. The second-order valence-corrected chi connectivity index (χ2v) is 6.27. The topological polar surface area (TPSA) is 44.0 Å². The summed E-state index contributed by atoms with van der Waals surface area (Å²) in [4.78, 5) is 9.58. The predicted octanol–water partition coefficient (Wildman–Crippen LogP) is 3.62. The maximum absolute atomic E-state index is 5.40. The molecule has 1 aliphatic rings. The lowest BCUT2D eigenvalue weighted by Gasteiger charge is -2.37. The van der Waals surface area contributed by atoms with Crippen LogP contribution in [0.4, 0.5) is 5.69 Å². The fourth-order valence-corrected chi connectivity index (χ4v) is 3.05. The van der Waals surface area contributed by atoms with Crippen LogP contribution in [0.1, 0.15) is 19.1 Å². The van der Waals surface area contributed by atoms with Crippen molar-refractivity contribution in [2.24, 2.45) is 4.99 Å². The number of aliphatic imine (C=N–C) groups is 1. The van der Waals surface area contributed by atoms with Crippen molar-refractivity contribution in [1.82, 2.24) is 10.2 Å². The molecule has 2 aromatic rings. The van der Waals surface area contributed by atoms with Crippen LogP contribution in [0.2, 0.25) is 0 Å². The third-order valence-electron chi connectivity index (χ3n) is 4.42. The van der Waals surface area contributed by atoms with Gasteiger partial charge in [0.2, 0.25) is 0 Å². The number of rotatable bonds is 6. The van der Waals surface area contributed by atoms with E-state index in [4.69, 9.17) is 9.41 Å². The highest BCUT2D eigenvalue weighted by Crippen LogP contribution is 2.15. The summed E-state index contributed by atoms with van der Waals surface area (Å²) in [6.07, 6.45) is 3.67. The number of furan rings is 1. The van der Waals surface area contributed by atoms with Crippen LogP contribution in [0.5, 0.6) is 0 Å². The molecule has 26 heavy (non-hydrogen) atoms. The zero-order chi connectivity index (χ0) is 17.3. The Hall–Kier alpha value is -1.70. The number of benzene rings is 1. The van der Waals surface area contributed by atoms with Crippen LogP contribution in [0.25, 0.3) is 0 Å². The minimum Gasteiger partial charge on any atom is -0.469 e. The van der Waals surface area contributed by atoms with E-state index < -0.39 is 0 Å². The molecule has 0 radical (unpaired) electrons. The summed E-state index contributed by atoms with van der Waals surface area (Å²) in [6, 6.07) is 14.6. The summed E-state index contributed by atoms with van der Waals surface area (Å²) in [6.45, 7) is 7.90. The Morgan fingerprint density at radius 1 is 1.08 bits per heavy atom. The summed E-state index contributed by atoms with van der Waals surface area (Å²) in [7, 11) is 0. The first-order valence-electron chi connectivity index (χ1n) is 9.22. The number of hydrogen-bond donors (Lipinski definition) is 1. The third-order valence-corrected chi connectivity index (χ3v) is 4.42. The van der Waals surface area contributed by atoms with Crippen molar-refractivity contribution in [3.63, 3.8) is 0 Å². The molecule has 0 unspecified atom stereocenters. The van der Waals surface area contributed by atoms with Crippen molar-refractivity contribution in [3.05, 3.63) is 54.5 Å². The van der Waals surface area contributed by atoms with Crippen LogP contribution in [0, 0.1) is 0 Å². The number of nitrogens with one attached hydrogen (secondary N) is 1. The van der Waals surface area contributed by atoms with Gasteiger partial charge in [0.25, 0.3) is 0 Å². The first-order valence-corrected chi connectivity index (χ1v) is 9.22. The SMILES string of the molecule is CCCN=C(NCCc1ccco1)N1CCN(c2ccccc2)CC1.I. The van der Waals surface area contributed by atoms with Crippen molar-refractivity contribution < 1.29 is 4.42 Å². The van der Waals surface area contributed by atoms with E-state index in [9.17, 15) is 0 Å². The van der Waals surface area contributed by atoms with E-state index in [-0.39, 0.29) is 24.0 Å². The van der Waals surface area contributed by atoms with Gasteiger partial charge in [0.05, 0.1) is 6.26 Å². The van der Waals surface area contributed by atoms with Crippen molar-refractivity contribution >= 4 is 35.6 Å². The molecular formula is C20H29IN4O. The fraction of sp³-hybridized carbons (Fsp3) is 0.450. The summed E-state index contributed by atoms with van der Waals surface area (Å²) < 4.78 is 5.40. The quantitative estimate of drug-likeness (QED) is 0.400. The number of anilines is 1. The molecule has 1 N–H and O–H groups in total. The van der Waals surface area contributed by atoms with E-state index in [1.807, 2.05) is 12.1 Å². The molecule has 3 rings (SSSR count). The largest absolute Gasteiger partial charge is 0.469 e. The fourth-order valence-electron chi connectivity index (χ4n) is 3.05. The summed E-state index contributed by atoms with van der Waals surface area (Å²) in [5, 5.41) is 3.51. The Bertz CT molecular complexity index is 637. The molecular weight excluding hydrogens is 439 g/mol. The molecule has 5 nitrogen and oxygen atoms in total. The lowest BCUT2D eigenvalue weighted by Crippen LogP contribution is -2.53. The molecule has 0 aliphatic carbocycles. The first-order chi connectivity index (χ1) is 12.4. The molecule has 0 atom stereocenters.